The topological polar surface area (TPSA) is 27.3 Å². The normalized spacial score (nSPS) is 14.8. The first kappa shape index (κ1) is 18.1. The van der Waals surface area contributed by atoms with Gasteiger partial charge < -0.3 is 15.5 Å². The Bertz CT molecular complexity index is 506. The van der Waals surface area contributed by atoms with Crippen LogP contribution in [0.3, 0.4) is 0 Å². The lowest BCUT2D eigenvalue weighted by atomic mass is 10.1. The van der Waals surface area contributed by atoms with Gasteiger partial charge in [0.05, 0.1) is 16.9 Å². The van der Waals surface area contributed by atoms with E-state index in [0.29, 0.717) is 11.4 Å². The molecule has 1 aromatic carbocycles. The predicted octanol–water partition coefficient (Wildman–Crippen LogP) is 3.86. The summed E-state index contributed by atoms with van der Waals surface area (Å²) in [7, 11) is 0. The Morgan fingerprint density at radius 1 is 1.23 bits per heavy atom. The summed E-state index contributed by atoms with van der Waals surface area (Å²) in [5, 5.41) is 6.15. The molecule has 1 aliphatic rings. The predicted molar refractivity (Wildman–Crippen MR) is 86.2 cm³/mol. The summed E-state index contributed by atoms with van der Waals surface area (Å²) < 4.78 is 38.4. The number of allylic oxidation sites excluding steroid dienone is 1. The number of hydrogen-bond donors (Lipinski definition) is 2. The molecule has 0 atom stereocenters. The molecular weight excluding hydrogens is 291 g/mol. The van der Waals surface area contributed by atoms with Gasteiger partial charge in [-0.3, -0.25) is 0 Å². The van der Waals surface area contributed by atoms with Crippen molar-refractivity contribution < 1.29 is 13.2 Å². The van der Waals surface area contributed by atoms with E-state index in [1.54, 1.807) is 6.92 Å². The van der Waals surface area contributed by atoms with Gasteiger partial charge in [-0.1, -0.05) is 6.58 Å². The molecule has 1 aliphatic heterocycles. The summed E-state index contributed by atoms with van der Waals surface area (Å²) in [4.78, 5) is 2.07. The fraction of sp³-hybridized carbons (Fsp3) is 0.375. The zero-order valence-electron chi connectivity index (χ0n) is 12.8. The quantitative estimate of drug-likeness (QED) is 0.830. The first-order valence-corrected chi connectivity index (χ1v) is 6.97. The number of anilines is 2. The van der Waals surface area contributed by atoms with Crippen molar-refractivity contribution in [1.82, 2.24) is 5.32 Å². The third-order valence-electron chi connectivity index (χ3n) is 3.13. The molecule has 122 valence electrons. The SMILES string of the molecule is C=C.C=C(C)Nc1cc(C(F)(F)F)ccc1N1CCNCC1. The van der Waals surface area contributed by atoms with Crippen molar-refractivity contribution in [2.45, 2.75) is 13.1 Å². The Balaban J connectivity index is 0.00000116. The van der Waals surface area contributed by atoms with Crippen LogP contribution in [0.4, 0.5) is 24.5 Å². The number of nitrogens with one attached hydrogen (secondary N) is 2. The van der Waals surface area contributed by atoms with E-state index in [1.165, 1.54) is 6.07 Å². The summed E-state index contributed by atoms with van der Waals surface area (Å²) in [5.41, 5.74) is 1.19. The lowest BCUT2D eigenvalue weighted by Crippen LogP contribution is -2.43. The fourth-order valence-corrected chi connectivity index (χ4v) is 2.22. The molecule has 2 rings (SSSR count). The Morgan fingerprint density at radius 3 is 2.32 bits per heavy atom. The Morgan fingerprint density at radius 2 is 1.82 bits per heavy atom. The molecule has 0 amide bonds. The van der Waals surface area contributed by atoms with Crippen molar-refractivity contribution in [3.8, 4) is 0 Å². The summed E-state index contributed by atoms with van der Waals surface area (Å²) in [6, 6.07) is 3.80. The minimum Gasteiger partial charge on any atom is -0.367 e. The molecule has 22 heavy (non-hydrogen) atoms. The molecule has 0 bridgehead atoms. The molecule has 0 radical (unpaired) electrons. The van der Waals surface area contributed by atoms with E-state index < -0.39 is 11.7 Å². The second-order valence-corrected chi connectivity index (χ2v) is 4.87. The number of benzene rings is 1. The zero-order chi connectivity index (χ0) is 16.8. The maximum absolute atomic E-state index is 12.8. The van der Waals surface area contributed by atoms with Crippen molar-refractivity contribution in [2.75, 3.05) is 36.4 Å². The molecule has 1 aromatic rings. The number of halogens is 3. The van der Waals surface area contributed by atoms with E-state index in [1.807, 2.05) is 0 Å². The molecule has 1 heterocycles. The lowest BCUT2D eigenvalue weighted by molar-refractivity contribution is -0.137. The lowest BCUT2D eigenvalue weighted by Gasteiger charge is -2.31. The number of rotatable bonds is 3. The molecule has 2 N–H and O–H groups in total. The minimum atomic E-state index is -4.34. The minimum absolute atomic E-state index is 0.453. The van der Waals surface area contributed by atoms with Crippen LogP contribution in [0.1, 0.15) is 12.5 Å². The molecule has 3 nitrogen and oxygen atoms in total. The first-order chi connectivity index (χ1) is 10.4. The number of nitrogens with zero attached hydrogens (tertiary/aromatic N) is 1. The summed E-state index contributed by atoms with van der Waals surface area (Å²) in [6.45, 7) is 14.6. The van der Waals surface area contributed by atoms with Crippen LogP contribution in [-0.4, -0.2) is 26.2 Å². The second-order valence-electron chi connectivity index (χ2n) is 4.87. The molecule has 6 heteroatoms. The largest absolute Gasteiger partial charge is 0.416 e. The van der Waals surface area contributed by atoms with Crippen LogP contribution in [0.2, 0.25) is 0 Å². The third-order valence-corrected chi connectivity index (χ3v) is 3.13. The van der Waals surface area contributed by atoms with Crippen LogP contribution in [0.5, 0.6) is 0 Å². The maximum atomic E-state index is 12.8. The molecule has 0 unspecified atom stereocenters. The highest BCUT2D eigenvalue weighted by atomic mass is 19.4. The van der Waals surface area contributed by atoms with Crippen molar-refractivity contribution >= 4 is 11.4 Å². The van der Waals surface area contributed by atoms with E-state index >= 15 is 0 Å². The van der Waals surface area contributed by atoms with Crippen LogP contribution >= 0.6 is 0 Å². The summed E-state index contributed by atoms with van der Waals surface area (Å²) in [5.74, 6) is 0. The van der Waals surface area contributed by atoms with E-state index in [2.05, 4.69) is 35.3 Å². The number of piperazine rings is 1. The molecule has 1 fully saturated rings. The highest BCUT2D eigenvalue weighted by Gasteiger charge is 2.31. The maximum Gasteiger partial charge on any atom is 0.416 e. The molecule has 0 aliphatic carbocycles. The van der Waals surface area contributed by atoms with Crippen LogP contribution in [0.25, 0.3) is 0 Å². The Labute approximate surface area is 129 Å². The van der Waals surface area contributed by atoms with Crippen molar-refractivity contribution in [1.29, 1.82) is 0 Å². The Hall–Kier alpha value is -1.95. The van der Waals surface area contributed by atoms with Gasteiger partial charge in [0.25, 0.3) is 0 Å². The van der Waals surface area contributed by atoms with Gasteiger partial charge in [0.1, 0.15) is 0 Å². The van der Waals surface area contributed by atoms with E-state index in [0.717, 1.165) is 44.0 Å². The first-order valence-electron chi connectivity index (χ1n) is 6.97. The highest BCUT2D eigenvalue weighted by molar-refractivity contribution is 5.73. The van der Waals surface area contributed by atoms with E-state index in [4.69, 9.17) is 0 Å². The summed E-state index contributed by atoms with van der Waals surface area (Å²) in [6.07, 6.45) is -4.34. The van der Waals surface area contributed by atoms with Gasteiger partial charge >= 0.3 is 6.18 Å². The van der Waals surface area contributed by atoms with Crippen LogP contribution < -0.4 is 15.5 Å². The van der Waals surface area contributed by atoms with Crippen molar-refractivity contribution in [3.05, 3.63) is 49.2 Å². The van der Waals surface area contributed by atoms with Gasteiger partial charge in [-0.05, 0) is 25.1 Å². The average Bonchev–Trinajstić information content (AvgIpc) is 2.48. The Kier molecular flexibility index (Phi) is 6.49. The van der Waals surface area contributed by atoms with Gasteiger partial charge in [0.15, 0.2) is 0 Å². The average molecular weight is 313 g/mol. The monoisotopic (exact) mass is 313 g/mol. The van der Waals surface area contributed by atoms with Gasteiger partial charge in [0, 0.05) is 31.9 Å². The van der Waals surface area contributed by atoms with Gasteiger partial charge in [-0.2, -0.15) is 13.2 Å². The zero-order valence-corrected chi connectivity index (χ0v) is 12.8. The van der Waals surface area contributed by atoms with Gasteiger partial charge in [-0.15, -0.1) is 13.2 Å². The fourth-order valence-electron chi connectivity index (χ4n) is 2.22. The van der Waals surface area contributed by atoms with Crippen LogP contribution in [0.15, 0.2) is 43.6 Å². The third kappa shape index (κ3) is 4.80. The highest BCUT2D eigenvalue weighted by Crippen LogP contribution is 2.36. The van der Waals surface area contributed by atoms with Crippen molar-refractivity contribution in [2.24, 2.45) is 0 Å². The standard InChI is InChI=1S/C14H18F3N3.C2H4/c1-10(2)19-12-9-11(14(15,16)17)3-4-13(12)20-7-5-18-6-8-20;1-2/h3-4,9,18-19H,1,5-8H2,2H3;1-2H2. The second kappa shape index (κ2) is 7.89. The molecule has 0 saturated carbocycles. The van der Waals surface area contributed by atoms with E-state index in [9.17, 15) is 13.2 Å². The van der Waals surface area contributed by atoms with Crippen LogP contribution in [-0.2, 0) is 6.18 Å². The van der Waals surface area contributed by atoms with Crippen molar-refractivity contribution in [3.63, 3.8) is 0 Å². The molecular formula is C16H22F3N3. The van der Waals surface area contributed by atoms with Gasteiger partial charge in [-0.25, -0.2) is 0 Å². The molecule has 0 spiro atoms. The number of hydrogen-bond acceptors (Lipinski definition) is 3. The van der Waals surface area contributed by atoms with Crippen LogP contribution in [0, 0.1) is 0 Å². The number of alkyl halides is 3. The van der Waals surface area contributed by atoms with Gasteiger partial charge in [0.2, 0.25) is 0 Å². The molecule has 1 saturated heterocycles. The summed E-state index contributed by atoms with van der Waals surface area (Å²) >= 11 is 0. The molecule has 0 aromatic heterocycles. The smallest absolute Gasteiger partial charge is 0.367 e. The van der Waals surface area contributed by atoms with E-state index in [-0.39, 0.29) is 0 Å².